The van der Waals surface area contributed by atoms with Gasteiger partial charge in [0.1, 0.15) is 0 Å². The van der Waals surface area contributed by atoms with Crippen LogP contribution in [0.25, 0.3) is 5.57 Å². The molecule has 2 rings (SSSR count). The minimum Gasteiger partial charge on any atom is -0.478 e. The van der Waals surface area contributed by atoms with Crippen LogP contribution in [0.1, 0.15) is 16.7 Å². The SMILES string of the molecule is CN(C)c1ncc(C(=CC=CC(=O)O)c2ccc(C(F)(F)F)cc2)cn1. The second-order valence-corrected chi connectivity index (χ2v) is 5.52. The molecule has 1 heterocycles. The van der Waals surface area contributed by atoms with Gasteiger partial charge in [0.25, 0.3) is 0 Å². The van der Waals surface area contributed by atoms with Gasteiger partial charge in [0, 0.05) is 38.1 Å². The largest absolute Gasteiger partial charge is 0.478 e. The van der Waals surface area contributed by atoms with Crippen LogP contribution in [-0.4, -0.2) is 35.1 Å². The Bertz CT molecular complexity index is 824. The van der Waals surface area contributed by atoms with Gasteiger partial charge in [-0.05, 0) is 23.3 Å². The van der Waals surface area contributed by atoms with E-state index in [1.807, 2.05) is 0 Å². The highest BCUT2D eigenvalue weighted by Gasteiger charge is 2.30. The number of benzene rings is 1. The predicted molar refractivity (Wildman–Crippen MR) is 91.7 cm³/mol. The zero-order valence-corrected chi connectivity index (χ0v) is 14.0. The molecule has 0 amide bonds. The number of carbonyl (C=O) groups is 1. The van der Waals surface area contributed by atoms with Crippen LogP contribution < -0.4 is 4.90 Å². The van der Waals surface area contributed by atoms with Gasteiger partial charge in [0.2, 0.25) is 5.95 Å². The van der Waals surface area contributed by atoms with E-state index < -0.39 is 17.7 Å². The van der Waals surface area contributed by atoms with E-state index in [1.165, 1.54) is 36.7 Å². The highest BCUT2D eigenvalue weighted by molar-refractivity contribution is 5.83. The summed E-state index contributed by atoms with van der Waals surface area (Å²) < 4.78 is 38.2. The Hall–Kier alpha value is -3.16. The average Bonchev–Trinajstić information content (AvgIpc) is 2.58. The minimum atomic E-state index is -4.43. The van der Waals surface area contributed by atoms with E-state index in [4.69, 9.17) is 5.11 Å². The van der Waals surface area contributed by atoms with Gasteiger partial charge in [0.15, 0.2) is 0 Å². The fourth-order valence-corrected chi connectivity index (χ4v) is 2.12. The van der Waals surface area contributed by atoms with Gasteiger partial charge in [-0.15, -0.1) is 0 Å². The van der Waals surface area contributed by atoms with Crippen LogP contribution in [-0.2, 0) is 11.0 Å². The molecule has 5 nitrogen and oxygen atoms in total. The number of halogens is 3. The molecule has 0 aliphatic heterocycles. The van der Waals surface area contributed by atoms with E-state index in [-0.39, 0.29) is 0 Å². The van der Waals surface area contributed by atoms with Crippen molar-refractivity contribution in [2.24, 2.45) is 0 Å². The van der Waals surface area contributed by atoms with E-state index in [2.05, 4.69) is 9.97 Å². The van der Waals surface area contributed by atoms with E-state index >= 15 is 0 Å². The maximum Gasteiger partial charge on any atom is 0.416 e. The van der Waals surface area contributed by atoms with Crippen molar-refractivity contribution in [3.8, 4) is 0 Å². The van der Waals surface area contributed by atoms with Crippen LogP contribution in [0.15, 0.2) is 54.9 Å². The van der Waals surface area contributed by atoms with Crippen LogP contribution >= 0.6 is 0 Å². The van der Waals surface area contributed by atoms with Crippen molar-refractivity contribution in [3.05, 3.63) is 71.6 Å². The van der Waals surface area contributed by atoms with Gasteiger partial charge in [-0.25, -0.2) is 14.8 Å². The quantitative estimate of drug-likeness (QED) is 0.649. The van der Waals surface area contributed by atoms with Crippen molar-refractivity contribution >= 4 is 17.5 Å². The Kier molecular flexibility index (Phi) is 5.76. The smallest absolute Gasteiger partial charge is 0.416 e. The summed E-state index contributed by atoms with van der Waals surface area (Å²) in [7, 11) is 3.55. The van der Waals surface area contributed by atoms with Crippen LogP contribution in [0, 0.1) is 0 Å². The standard InChI is InChI=1S/C18H16F3N3O2/c1-24(2)17-22-10-13(11-23-17)15(4-3-5-16(25)26)12-6-8-14(9-7-12)18(19,20)21/h3-11H,1-2H3,(H,25,26). The third kappa shape index (κ3) is 4.92. The van der Waals surface area contributed by atoms with Gasteiger partial charge in [-0.2, -0.15) is 13.2 Å². The van der Waals surface area contributed by atoms with Crippen molar-refractivity contribution in [2.45, 2.75) is 6.18 Å². The highest BCUT2D eigenvalue weighted by atomic mass is 19.4. The second kappa shape index (κ2) is 7.81. The Morgan fingerprint density at radius 3 is 2.12 bits per heavy atom. The molecule has 0 fully saturated rings. The van der Waals surface area contributed by atoms with Gasteiger partial charge < -0.3 is 10.0 Å². The van der Waals surface area contributed by atoms with Gasteiger partial charge in [0.05, 0.1) is 5.56 Å². The Morgan fingerprint density at radius 2 is 1.65 bits per heavy atom. The zero-order valence-electron chi connectivity index (χ0n) is 14.0. The van der Waals surface area contributed by atoms with Crippen molar-refractivity contribution < 1.29 is 23.1 Å². The minimum absolute atomic E-state index is 0.474. The number of carboxylic acid groups (broad SMARTS) is 1. The van der Waals surface area contributed by atoms with Crippen molar-refractivity contribution in [2.75, 3.05) is 19.0 Å². The number of allylic oxidation sites excluding steroid dienone is 2. The Balaban J connectivity index is 2.46. The van der Waals surface area contributed by atoms with Gasteiger partial charge in [-0.3, -0.25) is 0 Å². The number of anilines is 1. The summed E-state index contributed by atoms with van der Waals surface area (Å²) in [5, 5.41) is 8.72. The molecule has 136 valence electrons. The number of aliphatic carboxylic acids is 1. The molecule has 2 aromatic rings. The molecule has 0 radical (unpaired) electrons. The fourth-order valence-electron chi connectivity index (χ4n) is 2.12. The highest BCUT2D eigenvalue weighted by Crippen LogP contribution is 2.31. The summed E-state index contributed by atoms with van der Waals surface area (Å²) in [6, 6.07) is 4.59. The molecular weight excluding hydrogens is 347 g/mol. The monoisotopic (exact) mass is 363 g/mol. The zero-order chi connectivity index (χ0) is 19.3. The molecule has 26 heavy (non-hydrogen) atoms. The molecule has 0 aliphatic carbocycles. The lowest BCUT2D eigenvalue weighted by molar-refractivity contribution is -0.137. The normalized spacial score (nSPS) is 12.4. The lowest BCUT2D eigenvalue weighted by atomic mass is 9.98. The van der Waals surface area contributed by atoms with E-state index in [9.17, 15) is 18.0 Å². The first-order valence-electron chi connectivity index (χ1n) is 7.47. The predicted octanol–water partition coefficient (Wildman–Crippen LogP) is 3.63. The van der Waals surface area contributed by atoms with Crippen LogP contribution in [0.2, 0.25) is 0 Å². The van der Waals surface area contributed by atoms with Crippen LogP contribution in [0.5, 0.6) is 0 Å². The van der Waals surface area contributed by atoms with E-state index in [0.717, 1.165) is 18.2 Å². The molecule has 0 unspecified atom stereocenters. The summed E-state index contributed by atoms with van der Waals surface area (Å²) in [6.45, 7) is 0. The summed E-state index contributed by atoms with van der Waals surface area (Å²) in [4.78, 5) is 20.7. The van der Waals surface area contributed by atoms with E-state index in [1.54, 1.807) is 19.0 Å². The van der Waals surface area contributed by atoms with E-state index in [0.29, 0.717) is 22.6 Å². The average molecular weight is 363 g/mol. The number of hydrogen-bond acceptors (Lipinski definition) is 4. The maximum absolute atomic E-state index is 12.7. The lowest BCUT2D eigenvalue weighted by Crippen LogP contribution is -2.12. The van der Waals surface area contributed by atoms with Crippen molar-refractivity contribution in [3.63, 3.8) is 0 Å². The molecule has 1 N–H and O–H groups in total. The first kappa shape index (κ1) is 19.2. The molecule has 0 bridgehead atoms. The topological polar surface area (TPSA) is 66.3 Å². The van der Waals surface area contributed by atoms with Crippen LogP contribution in [0.3, 0.4) is 0 Å². The second-order valence-electron chi connectivity index (χ2n) is 5.52. The lowest BCUT2D eigenvalue weighted by Gasteiger charge is -2.12. The number of hydrogen-bond donors (Lipinski definition) is 1. The summed E-state index contributed by atoms with van der Waals surface area (Å²) in [5.41, 5.74) is 0.766. The molecule has 1 aromatic carbocycles. The first-order chi connectivity index (χ1) is 12.2. The summed E-state index contributed by atoms with van der Waals surface area (Å²) >= 11 is 0. The number of rotatable bonds is 5. The van der Waals surface area contributed by atoms with Crippen LogP contribution in [0.4, 0.5) is 19.1 Å². The number of carboxylic acids is 1. The summed E-state index contributed by atoms with van der Waals surface area (Å²) in [6.07, 6.45) is 2.35. The maximum atomic E-state index is 12.7. The molecule has 0 atom stereocenters. The first-order valence-corrected chi connectivity index (χ1v) is 7.47. The molecule has 8 heteroatoms. The van der Waals surface area contributed by atoms with Gasteiger partial charge >= 0.3 is 12.1 Å². The molecule has 1 aromatic heterocycles. The number of aromatic nitrogens is 2. The van der Waals surface area contributed by atoms with Crippen molar-refractivity contribution in [1.82, 2.24) is 9.97 Å². The number of nitrogens with zero attached hydrogens (tertiary/aromatic N) is 3. The Labute approximate surface area is 148 Å². The third-order valence-electron chi connectivity index (χ3n) is 3.37. The fraction of sp³-hybridized carbons (Fsp3) is 0.167. The molecule has 0 saturated heterocycles. The Morgan fingerprint density at radius 1 is 1.08 bits per heavy atom. The number of alkyl halides is 3. The third-order valence-corrected chi connectivity index (χ3v) is 3.37. The summed E-state index contributed by atoms with van der Waals surface area (Å²) in [5.74, 6) is -0.658. The molecule has 0 saturated carbocycles. The van der Waals surface area contributed by atoms with Gasteiger partial charge in [-0.1, -0.05) is 24.3 Å². The molecular formula is C18H16F3N3O2. The molecule has 0 aliphatic rings. The van der Waals surface area contributed by atoms with Crippen molar-refractivity contribution in [1.29, 1.82) is 0 Å². The molecule has 0 spiro atoms.